The van der Waals surface area contributed by atoms with Crippen LogP contribution in [-0.4, -0.2) is 45.4 Å². The van der Waals surface area contributed by atoms with Crippen LogP contribution in [-0.2, 0) is 10.2 Å². The van der Waals surface area contributed by atoms with E-state index in [1.807, 2.05) is 0 Å². The first-order valence-corrected chi connectivity index (χ1v) is 7.35. The number of nitrogens with one attached hydrogen (secondary N) is 2. The molecule has 5 nitrogen and oxygen atoms in total. The molecule has 0 aliphatic heterocycles. The van der Waals surface area contributed by atoms with Crippen LogP contribution < -0.4 is 10.0 Å². The van der Waals surface area contributed by atoms with E-state index in [0.29, 0.717) is 6.04 Å². The van der Waals surface area contributed by atoms with Crippen LogP contribution in [0.3, 0.4) is 0 Å². The van der Waals surface area contributed by atoms with Crippen molar-refractivity contribution in [2.45, 2.75) is 44.7 Å². The van der Waals surface area contributed by atoms with E-state index in [-0.39, 0.29) is 6.04 Å². The van der Waals surface area contributed by atoms with E-state index in [2.05, 4.69) is 17.0 Å². The van der Waals surface area contributed by atoms with Crippen LogP contribution in [0.1, 0.15) is 32.6 Å². The molecule has 0 unspecified atom stereocenters. The molecule has 0 aromatic rings. The topological polar surface area (TPSA) is 61.4 Å². The predicted octanol–water partition coefficient (Wildman–Crippen LogP) is 0.303. The van der Waals surface area contributed by atoms with Crippen LogP contribution >= 0.6 is 0 Å². The summed E-state index contributed by atoms with van der Waals surface area (Å²) in [6.07, 6.45) is 3.99. The molecule has 0 heterocycles. The smallest absolute Gasteiger partial charge is 0.279 e. The fraction of sp³-hybridized carbons (Fsp3) is 1.00. The molecule has 16 heavy (non-hydrogen) atoms. The van der Waals surface area contributed by atoms with E-state index < -0.39 is 10.2 Å². The molecule has 0 radical (unpaired) electrons. The van der Waals surface area contributed by atoms with Gasteiger partial charge in [-0.2, -0.15) is 12.7 Å². The van der Waals surface area contributed by atoms with Gasteiger partial charge in [0.05, 0.1) is 0 Å². The van der Waals surface area contributed by atoms with Gasteiger partial charge in [0.15, 0.2) is 0 Å². The minimum atomic E-state index is -3.26. The minimum Gasteiger partial charge on any atom is -0.314 e. The normalized spacial score (nSPS) is 27.2. The van der Waals surface area contributed by atoms with Crippen molar-refractivity contribution in [1.82, 2.24) is 14.3 Å². The zero-order valence-electron chi connectivity index (χ0n) is 10.4. The molecule has 0 bridgehead atoms. The molecular formula is C10H23N3O2S. The second-order valence-corrected chi connectivity index (χ2v) is 6.22. The quantitative estimate of drug-likeness (QED) is 0.737. The molecule has 0 spiro atoms. The Balaban J connectivity index is 2.48. The Hall–Kier alpha value is -0.170. The van der Waals surface area contributed by atoms with Gasteiger partial charge in [0.25, 0.3) is 10.2 Å². The van der Waals surface area contributed by atoms with Gasteiger partial charge in [-0.25, -0.2) is 4.72 Å². The van der Waals surface area contributed by atoms with Crippen molar-refractivity contribution >= 4 is 10.2 Å². The summed E-state index contributed by atoms with van der Waals surface area (Å²) in [7, 11) is -0.153. The van der Waals surface area contributed by atoms with Crippen molar-refractivity contribution in [2.24, 2.45) is 0 Å². The van der Waals surface area contributed by atoms with Crippen LogP contribution in [0.4, 0.5) is 0 Å². The highest BCUT2D eigenvalue weighted by molar-refractivity contribution is 7.87. The first kappa shape index (κ1) is 13.9. The van der Waals surface area contributed by atoms with Gasteiger partial charge in [-0.05, 0) is 32.2 Å². The minimum absolute atomic E-state index is 0.146. The van der Waals surface area contributed by atoms with E-state index in [1.165, 1.54) is 11.4 Å². The molecule has 96 valence electrons. The molecule has 2 N–H and O–H groups in total. The molecule has 1 aliphatic rings. The summed E-state index contributed by atoms with van der Waals surface area (Å²) in [6, 6.07) is 0.708. The lowest BCUT2D eigenvalue weighted by Crippen LogP contribution is -2.46. The summed E-state index contributed by atoms with van der Waals surface area (Å²) < 4.78 is 27.0. The van der Waals surface area contributed by atoms with Gasteiger partial charge in [-0.1, -0.05) is 6.92 Å². The number of nitrogens with zero attached hydrogens (tertiary/aromatic N) is 1. The molecule has 6 heteroatoms. The maximum atomic E-state index is 11.6. The lowest BCUT2D eigenvalue weighted by Gasteiger charge is -2.33. The summed E-state index contributed by atoms with van der Waals surface area (Å²) in [5.74, 6) is 0. The van der Waals surface area contributed by atoms with Gasteiger partial charge in [0.1, 0.15) is 0 Å². The highest BCUT2D eigenvalue weighted by Gasteiger charge is 2.29. The standard InChI is InChI=1S/C10H23N3O2S/c1-4-12-9-5-7-10(8-6-9)13(3)16(14,15)11-2/h9-12H,4-8H2,1-3H3. The molecule has 1 saturated carbocycles. The highest BCUT2D eigenvalue weighted by Crippen LogP contribution is 2.23. The van der Waals surface area contributed by atoms with Crippen LogP contribution in [0.2, 0.25) is 0 Å². The third kappa shape index (κ3) is 3.41. The van der Waals surface area contributed by atoms with Crippen LogP contribution in [0.5, 0.6) is 0 Å². The van der Waals surface area contributed by atoms with E-state index in [1.54, 1.807) is 7.05 Å². The van der Waals surface area contributed by atoms with E-state index in [9.17, 15) is 8.42 Å². The fourth-order valence-corrected chi connectivity index (χ4v) is 3.16. The molecule has 0 aromatic carbocycles. The largest absolute Gasteiger partial charge is 0.314 e. The lowest BCUT2D eigenvalue weighted by molar-refractivity contribution is 0.249. The maximum absolute atomic E-state index is 11.6. The van der Waals surface area contributed by atoms with Crippen molar-refractivity contribution in [3.05, 3.63) is 0 Å². The molecule has 1 rings (SSSR count). The highest BCUT2D eigenvalue weighted by atomic mass is 32.2. The van der Waals surface area contributed by atoms with Gasteiger partial charge >= 0.3 is 0 Å². The number of rotatable bonds is 5. The van der Waals surface area contributed by atoms with Crippen molar-refractivity contribution in [2.75, 3.05) is 20.6 Å². The Morgan fingerprint density at radius 3 is 2.25 bits per heavy atom. The van der Waals surface area contributed by atoms with Gasteiger partial charge in [-0.15, -0.1) is 0 Å². The third-order valence-electron chi connectivity index (χ3n) is 3.34. The van der Waals surface area contributed by atoms with E-state index in [4.69, 9.17) is 0 Å². The van der Waals surface area contributed by atoms with Crippen molar-refractivity contribution < 1.29 is 8.42 Å². The summed E-state index contributed by atoms with van der Waals surface area (Å²) in [5.41, 5.74) is 0. The second-order valence-electron chi connectivity index (χ2n) is 4.29. The van der Waals surface area contributed by atoms with Crippen molar-refractivity contribution in [3.63, 3.8) is 0 Å². The van der Waals surface area contributed by atoms with Gasteiger partial charge in [0.2, 0.25) is 0 Å². The average molecular weight is 249 g/mol. The first-order chi connectivity index (χ1) is 7.51. The SMILES string of the molecule is CCNC1CCC(N(C)S(=O)(=O)NC)CC1. The molecular weight excluding hydrogens is 226 g/mol. The first-order valence-electron chi connectivity index (χ1n) is 5.91. The number of hydrogen-bond donors (Lipinski definition) is 2. The monoisotopic (exact) mass is 249 g/mol. The molecule has 1 fully saturated rings. The lowest BCUT2D eigenvalue weighted by atomic mass is 9.91. The Morgan fingerprint density at radius 2 is 1.81 bits per heavy atom. The Morgan fingerprint density at radius 1 is 1.25 bits per heavy atom. The molecule has 0 amide bonds. The van der Waals surface area contributed by atoms with E-state index in [0.717, 1.165) is 32.2 Å². The molecule has 0 saturated heterocycles. The van der Waals surface area contributed by atoms with Gasteiger partial charge in [0, 0.05) is 26.2 Å². The molecule has 0 atom stereocenters. The zero-order valence-corrected chi connectivity index (χ0v) is 11.2. The Kier molecular flexibility index (Phi) is 5.17. The summed E-state index contributed by atoms with van der Waals surface area (Å²) >= 11 is 0. The predicted molar refractivity (Wildman–Crippen MR) is 65.5 cm³/mol. The average Bonchev–Trinajstić information content (AvgIpc) is 2.29. The molecule has 0 aromatic heterocycles. The maximum Gasteiger partial charge on any atom is 0.279 e. The van der Waals surface area contributed by atoms with Crippen LogP contribution in [0, 0.1) is 0 Å². The zero-order chi connectivity index (χ0) is 12.2. The van der Waals surface area contributed by atoms with Gasteiger partial charge in [-0.3, -0.25) is 0 Å². The van der Waals surface area contributed by atoms with Crippen molar-refractivity contribution in [1.29, 1.82) is 0 Å². The van der Waals surface area contributed by atoms with Crippen molar-refractivity contribution in [3.8, 4) is 0 Å². The Labute approximate surface area is 98.8 Å². The second kappa shape index (κ2) is 5.95. The van der Waals surface area contributed by atoms with Crippen LogP contribution in [0.15, 0.2) is 0 Å². The molecule has 1 aliphatic carbocycles. The summed E-state index contributed by atoms with van der Waals surface area (Å²) in [6.45, 7) is 3.09. The summed E-state index contributed by atoms with van der Waals surface area (Å²) in [5, 5.41) is 3.41. The number of hydrogen-bond acceptors (Lipinski definition) is 3. The third-order valence-corrected chi connectivity index (χ3v) is 4.91. The van der Waals surface area contributed by atoms with E-state index >= 15 is 0 Å². The van der Waals surface area contributed by atoms with Gasteiger partial charge < -0.3 is 5.32 Å². The Bertz CT molecular complexity index is 297. The van der Waals surface area contributed by atoms with Crippen LogP contribution in [0.25, 0.3) is 0 Å². The fourth-order valence-electron chi connectivity index (χ4n) is 2.27. The summed E-state index contributed by atoms with van der Waals surface area (Å²) in [4.78, 5) is 0.